The van der Waals surface area contributed by atoms with Crippen LogP contribution < -0.4 is 4.72 Å². The Morgan fingerprint density at radius 3 is 2.50 bits per heavy atom. The van der Waals surface area contributed by atoms with Gasteiger partial charge in [-0.15, -0.1) is 0 Å². The highest BCUT2D eigenvalue weighted by atomic mass is 32.2. The Balaban J connectivity index is 2.82. The summed E-state index contributed by atoms with van der Waals surface area (Å²) in [5.41, 5.74) is 0.559. The Kier molecular flexibility index (Phi) is 4.43. The number of ketones is 1. The molecule has 1 aromatic carbocycles. The first-order valence-electron chi connectivity index (χ1n) is 5.11. The summed E-state index contributed by atoms with van der Waals surface area (Å²) in [5, 5.41) is 8.47. The largest absolute Gasteiger partial charge is 0.481 e. The smallest absolute Gasteiger partial charge is 0.303 e. The van der Waals surface area contributed by atoms with Crippen molar-refractivity contribution in [2.45, 2.75) is 12.8 Å². The van der Waals surface area contributed by atoms with Crippen LogP contribution >= 0.6 is 0 Å². The zero-order valence-corrected chi connectivity index (χ0v) is 10.5. The van der Waals surface area contributed by atoms with Crippen LogP contribution in [0, 0.1) is 0 Å². The fourth-order valence-corrected chi connectivity index (χ4v) is 1.89. The van der Waals surface area contributed by atoms with Crippen LogP contribution in [0.1, 0.15) is 23.2 Å². The van der Waals surface area contributed by atoms with Crippen molar-refractivity contribution in [3.63, 3.8) is 0 Å². The van der Waals surface area contributed by atoms with Gasteiger partial charge in [-0.2, -0.15) is 0 Å². The quantitative estimate of drug-likeness (QED) is 0.755. The first-order chi connectivity index (χ1) is 8.28. The highest BCUT2D eigenvalue weighted by Crippen LogP contribution is 2.14. The molecular weight excluding hydrogens is 258 g/mol. The molecule has 1 aromatic rings. The molecule has 0 aliphatic heterocycles. The number of rotatable bonds is 6. The fourth-order valence-electron chi connectivity index (χ4n) is 1.34. The summed E-state index contributed by atoms with van der Waals surface area (Å²) in [4.78, 5) is 22.0. The number of carbonyl (C=O) groups is 2. The molecule has 0 aromatic heterocycles. The van der Waals surface area contributed by atoms with E-state index in [4.69, 9.17) is 5.11 Å². The van der Waals surface area contributed by atoms with Crippen molar-refractivity contribution < 1.29 is 23.1 Å². The molecule has 98 valence electrons. The summed E-state index contributed by atoms with van der Waals surface area (Å²) in [6, 6.07) is 5.93. The summed E-state index contributed by atoms with van der Waals surface area (Å²) >= 11 is 0. The molecule has 0 saturated carbocycles. The lowest BCUT2D eigenvalue weighted by Crippen LogP contribution is -2.10. The van der Waals surface area contributed by atoms with Gasteiger partial charge in [0.15, 0.2) is 5.78 Å². The second-order valence-corrected chi connectivity index (χ2v) is 5.52. The van der Waals surface area contributed by atoms with E-state index in [1.165, 1.54) is 24.3 Å². The third kappa shape index (κ3) is 4.96. The maximum atomic E-state index is 11.6. The summed E-state index contributed by atoms with van der Waals surface area (Å²) < 4.78 is 24.3. The minimum absolute atomic E-state index is 0.113. The highest BCUT2D eigenvalue weighted by Gasteiger charge is 2.10. The Hall–Kier alpha value is -1.89. The molecule has 18 heavy (non-hydrogen) atoms. The van der Waals surface area contributed by atoms with Crippen LogP contribution in [0.4, 0.5) is 5.69 Å². The molecule has 6 nitrogen and oxygen atoms in total. The SMILES string of the molecule is CS(=O)(=O)Nc1cccc(C(=O)CCC(=O)O)c1. The van der Waals surface area contributed by atoms with Gasteiger partial charge in [-0.05, 0) is 12.1 Å². The lowest BCUT2D eigenvalue weighted by Gasteiger charge is -2.05. The van der Waals surface area contributed by atoms with Crippen LogP contribution in [0.15, 0.2) is 24.3 Å². The number of hydrogen-bond acceptors (Lipinski definition) is 4. The van der Waals surface area contributed by atoms with Gasteiger partial charge in [-0.3, -0.25) is 14.3 Å². The van der Waals surface area contributed by atoms with Crippen molar-refractivity contribution in [2.75, 3.05) is 11.0 Å². The van der Waals surface area contributed by atoms with Crippen molar-refractivity contribution in [1.82, 2.24) is 0 Å². The number of sulfonamides is 1. The fraction of sp³-hybridized carbons (Fsp3) is 0.273. The van der Waals surface area contributed by atoms with E-state index >= 15 is 0 Å². The van der Waals surface area contributed by atoms with Gasteiger partial charge in [-0.25, -0.2) is 8.42 Å². The number of aliphatic carboxylic acids is 1. The van der Waals surface area contributed by atoms with Crippen molar-refractivity contribution in [1.29, 1.82) is 0 Å². The third-order valence-electron chi connectivity index (χ3n) is 2.05. The van der Waals surface area contributed by atoms with Gasteiger partial charge >= 0.3 is 5.97 Å². The summed E-state index contributed by atoms with van der Waals surface area (Å²) in [6.07, 6.45) is 0.645. The molecule has 2 N–H and O–H groups in total. The minimum Gasteiger partial charge on any atom is -0.481 e. The number of Topliss-reactive ketones (excluding diaryl/α,β-unsaturated/α-hetero) is 1. The van der Waals surface area contributed by atoms with E-state index in [2.05, 4.69) is 4.72 Å². The van der Waals surface area contributed by atoms with Crippen LogP contribution in [0.3, 0.4) is 0 Å². The molecule has 0 aliphatic carbocycles. The molecule has 7 heteroatoms. The van der Waals surface area contributed by atoms with Crippen LogP contribution in [0.5, 0.6) is 0 Å². The standard InChI is InChI=1S/C11H13NO5S/c1-18(16,17)12-9-4-2-3-8(7-9)10(13)5-6-11(14)15/h2-4,7,12H,5-6H2,1H3,(H,14,15). The summed E-state index contributed by atoms with van der Waals surface area (Å²) in [6.45, 7) is 0. The average molecular weight is 271 g/mol. The van der Waals surface area contributed by atoms with Gasteiger partial charge in [0.2, 0.25) is 10.0 Å². The molecule has 0 unspecified atom stereocenters. The highest BCUT2D eigenvalue weighted by molar-refractivity contribution is 7.92. The number of benzene rings is 1. The van der Waals surface area contributed by atoms with E-state index in [1.54, 1.807) is 0 Å². The average Bonchev–Trinajstić information content (AvgIpc) is 2.23. The predicted octanol–water partition coefficient (Wildman–Crippen LogP) is 1.11. The van der Waals surface area contributed by atoms with Gasteiger partial charge in [-0.1, -0.05) is 12.1 Å². The molecule has 0 bridgehead atoms. The van der Waals surface area contributed by atoms with Crippen LogP contribution in [0.25, 0.3) is 0 Å². The Morgan fingerprint density at radius 2 is 1.94 bits per heavy atom. The van der Waals surface area contributed by atoms with Gasteiger partial charge in [0.1, 0.15) is 0 Å². The normalized spacial score (nSPS) is 10.9. The monoisotopic (exact) mass is 271 g/mol. The van der Waals surface area contributed by atoms with Gasteiger partial charge in [0.05, 0.1) is 12.7 Å². The first kappa shape index (κ1) is 14.2. The molecule has 0 heterocycles. The molecule has 0 radical (unpaired) electrons. The molecule has 0 saturated heterocycles. The van der Waals surface area contributed by atoms with Crippen LogP contribution in [0.2, 0.25) is 0 Å². The van der Waals surface area contributed by atoms with Crippen molar-refractivity contribution in [3.8, 4) is 0 Å². The molecular formula is C11H13NO5S. The maximum Gasteiger partial charge on any atom is 0.303 e. The van der Waals surface area contributed by atoms with Gasteiger partial charge in [0.25, 0.3) is 0 Å². The van der Waals surface area contributed by atoms with Gasteiger partial charge < -0.3 is 5.11 Å². The summed E-state index contributed by atoms with van der Waals surface area (Å²) in [7, 11) is -3.40. The zero-order chi connectivity index (χ0) is 13.8. The van der Waals surface area contributed by atoms with E-state index in [9.17, 15) is 18.0 Å². The summed E-state index contributed by atoms with van der Waals surface area (Å²) in [5.74, 6) is -1.39. The van der Waals surface area contributed by atoms with Crippen molar-refractivity contribution in [3.05, 3.63) is 29.8 Å². The molecule has 0 aliphatic rings. The number of carboxylic acids is 1. The number of carbonyl (C=O) groups excluding carboxylic acids is 1. The number of carboxylic acid groups (broad SMARTS) is 1. The van der Waals surface area contributed by atoms with Crippen LogP contribution in [-0.4, -0.2) is 31.5 Å². The second-order valence-electron chi connectivity index (χ2n) is 3.77. The topological polar surface area (TPSA) is 101 Å². The minimum atomic E-state index is -3.40. The molecule has 0 atom stereocenters. The number of nitrogens with one attached hydrogen (secondary N) is 1. The lowest BCUT2D eigenvalue weighted by molar-refractivity contribution is -0.136. The van der Waals surface area contributed by atoms with E-state index in [0.29, 0.717) is 0 Å². The number of anilines is 1. The van der Waals surface area contributed by atoms with Crippen molar-refractivity contribution in [2.24, 2.45) is 0 Å². The molecule has 0 amide bonds. The Labute approximate surface area is 105 Å². The van der Waals surface area contributed by atoms with E-state index in [0.717, 1.165) is 6.26 Å². The van der Waals surface area contributed by atoms with Crippen LogP contribution in [-0.2, 0) is 14.8 Å². The molecule has 0 fully saturated rings. The van der Waals surface area contributed by atoms with E-state index in [1.807, 2.05) is 0 Å². The number of hydrogen-bond donors (Lipinski definition) is 2. The molecule has 0 spiro atoms. The third-order valence-corrected chi connectivity index (χ3v) is 2.66. The predicted molar refractivity (Wildman–Crippen MR) is 66.1 cm³/mol. The Bertz CT molecular complexity index is 565. The first-order valence-corrected chi connectivity index (χ1v) is 7.00. The van der Waals surface area contributed by atoms with E-state index in [-0.39, 0.29) is 29.9 Å². The van der Waals surface area contributed by atoms with Gasteiger partial charge in [0, 0.05) is 17.7 Å². The maximum absolute atomic E-state index is 11.6. The second kappa shape index (κ2) is 5.63. The Morgan fingerprint density at radius 1 is 1.28 bits per heavy atom. The zero-order valence-electron chi connectivity index (χ0n) is 9.71. The lowest BCUT2D eigenvalue weighted by atomic mass is 10.1. The molecule has 1 rings (SSSR count). The van der Waals surface area contributed by atoms with Crippen molar-refractivity contribution >= 4 is 27.5 Å². The van der Waals surface area contributed by atoms with E-state index < -0.39 is 16.0 Å².